The van der Waals surface area contributed by atoms with Crippen LogP contribution in [0.3, 0.4) is 0 Å². The second kappa shape index (κ2) is 7.48. The maximum absolute atomic E-state index is 11.9. The van der Waals surface area contributed by atoms with E-state index in [4.69, 9.17) is 11.6 Å². The fourth-order valence-corrected chi connectivity index (χ4v) is 2.27. The number of carbonyl (C=O) groups is 1. The number of aryl methyl sites for hydroxylation is 1. The highest BCUT2D eigenvalue weighted by Gasteiger charge is 2.05. The number of nitrogens with one attached hydrogen (secondary N) is 2. The zero-order chi connectivity index (χ0) is 15.2. The Bertz CT molecular complexity index is 629. The molecule has 2 rings (SSSR count). The van der Waals surface area contributed by atoms with Crippen LogP contribution in [0.25, 0.3) is 0 Å². The van der Waals surface area contributed by atoms with E-state index in [0.29, 0.717) is 18.0 Å². The summed E-state index contributed by atoms with van der Waals surface area (Å²) in [4.78, 5) is 11.9. The highest BCUT2D eigenvalue weighted by atomic mass is 79.9. The molecule has 0 spiro atoms. The summed E-state index contributed by atoms with van der Waals surface area (Å²) in [5.41, 5.74) is 2.75. The van der Waals surface area contributed by atoms with Crippen LogP contribution in [0.4, 0.5) is 11.4 Å². The predicted octanol–water partition coefficient (Wildman–Crippen LogP) is 4.85. The second-order valence-corrected chi connectivity index (χ2v) is 6.04. The van der Waals surface area contributed by atoms with Crippen LogP contribution in [0.5, 0.6) is 0 Å². The van der Waals surface area contributed by atoms with Gasteiger partial charge in [0.1, 0.15) is 0 Å². The molecule has 21 heavy (non-hydrogen) atoms. The Labute approximate surface area is 137 Å². The number of hydrogen-bond donors (Lipinski definition) is 2. The first kappa shape index (κ1) is 15.9. The van der Waals surface area contributed by atoms with Gasteiger partial charge in [0.25, 0.3) is 0 Å². The highest BCUT2D eigenvalue weighted by molar-refractivity contribution is 9.10. The molecule has 2 aromatic carbocycles. The quantitative estimate of drug-likeness (QED) is 0.793. The summed E-state index contributed by atoms with van der Waals surface area (Å²) < 4.78 is 1.03. The van der Waals surface area contributed by atoms with Crippen LogP contribution in [-0.4, -0.2) is 12.5 Å². The van der Waals surface area contributed by atoms with Crippen molar-refractivity contribution in [2.24, 2.45) is 0 Å². The molecule has 0 aromatic heterocycles. The number of rotatable bonds is 5. The Kier molecular flexibility index (Phi) is 5.65. The smallest absolute Gasteiger partial charge is 0.226 e. The van der Waals surface area contributed by atoms with Gasteiger partial charge < -0.3 is 10.6 Å². The van der Waals surface area contributed by atoms with Crippen molar-refractivity contribution in [3.63, 3.8) is 0 Å². The van der Waals surface area contributed by atoms with Crippen molar-refractivity contribution < 1.29 is 4.79 Å². The van der Waals surface area contributed by atoms with Crippen LogP contribution < -0.4 is 10.6 Å². The summed E-state index contributed by atoms with van der Waals surface area (Å²) in [5, 5.41) is 6.70. The molecular formula is C16H16BrClN2O. The van der Waals surface area contributed by atoms with Crippen molar-refractivity contribution in [1.29, 1.82) is 0 Å². The Morgan fingerprint density at radius 2 is 1.90 bits per heavy atom. The monoisotopic (exact) mass is 366 g/mol. The minimum absolute atomic E-state index is 0.0371. The molecule has 1 amide bonds. The summed E-state index contributed by atoms with van der Waals surface area (Å²) in [6.45, 7) is 2.51. The summed E-state index contributed by atoms with van der Waals surface area (Å²) in [6, 6.07) is 13.3. The van der Waals surface area contributed by atoms with Gasteiger partial charge >= 0.3 is 0 Å². The maximum Gasteiger partial charge on any atom is 0.226 e. The fourth-order valence-electron chi connectivity index (χ4n) is 1.83. The lowest BCUT2D eigenvalue weighted by molar-refractivity contribution is -0.115. The summed E-state index contributed by atoms with van der Waals surface area (Å²) in [6.07, 6.45) is 0.391. The van der Waals surface area contributed by atoms with E-state index < -0.39 is 0 Å². The van der Waals surface area contributed by atoms with Gasteiger partial charge in [-0.1, -0.05) is 33.6 Å². The van der Waals surface area contributed by atoms with E-state index in [2.05, 4.69) is 26.6 Å². The van der Waals surface area contributed by atoms with Gasteiger partial charge in [0, 0.05) is 33.8 Å². The molecule has 0 aliphatic rings. The van der Waals surface area contributed by atoms with Gasteiger partial charge in [-0.05, 0) is 48.9 Å². The number of carbonyl (C=O) groups excluding carboxylic acids is 1. The largest absolute Gasteiger partial charge is 0.385 e. The molecule has 0 aliphatic heterocycles. The van der Waals surface area contributed by atoms with E-state index in [1.54, 1.807) is 6.07 Å². The number of hydrogen-bond acceptors (Lipinski definition) is 2. The third-order valence-electron chi connectivity index (χ3n) is 3.00. The van der Waals surface area contributed by atoms with Crippen molar-refractivity contribution in [2.45, 2.75) is 13.3 Å². The Morgan fingerprint density at radius 3 is 2.62 bits per heavy atom. The van der Waals surface area contributed by atoms with Crippen LogP contribution in [0.2, 0.25) is 5.02 Å². The molecule has 0 unspecified atom stereocenters. The minimum atomic E-state index is -0.0371. The molecule has 0 heterocycles. The number of anilines is 2. The average molecular weight is 368 g/mol. The van der Waals surface area contributed by atoms with Gasteiger partial charge in [-0.2, -0.15) is 0 Å². The standard InChI is InChI=1S/C16H16BrClN2O/c1-11-2-5-13(18)10-15(11)20-16(21)8-9-19-14-6-3-12(17)4-7-14/h2-7,10,19H,8-9H2,1H3,(H,20,21). The SMILES string of the molecule is Cc1ccc(Cl)cc1NC(=O)CCNc1ccc(Br)cc1. The van der Waals surface area contributed by atoms with Crippen LogP contribution in [-0.2, 0) is 4.79 Å². The van der Waals surface area contributed by atoms with Crippen molar-refractivity contribution in [3.8, 4) is 0 Å². The molecule has 5 heteroatoms. The molecule has 0 fully saturated rings. The molecule has 110 valence electrons. The van der Waals surface area contributed by atoms with Crippen molar-refractivity contribution >= 4 is 44.8 Å². The van der Waals surface area contributed by atoms with E-state index in [1.165, 1.54) is 0 Å². The zero-order valence-corrected chi connectivity index (χ0v) is 14.0. The minimum Gasteiger partial charge on any atom is -0.385 e. The molecular weight excluding hydrogens is 352 g/mol. The molecule has 2 N–H and O–H groups in total. The molecule has 2 aromatic rings. The van der Waals surface area contributed by atoms with Crippen LogP contribution >= 0.6 is 27.5 Å². The summed E-state index contributed by atoms with van der Waals surface area (Å²) >= 11 is 9.31. The zero-order valence-electron chi connectivity index (χ0n) is 11.6. The topological polar surface area (TPSA) is 41.1 Å². The fraction of sp³-hybridized carbons (Fsp3) is 0.188. The lowest BCUT2D eigenvalue weighted by atomic mass is 10.2. The van der Waals surface area contributed by atoms with E-state index in [9.17, 15) is 4.79 Å². The normalized spacial score (nSPS) is 10.2. The van der Waals surface area contributed by atoms with Crippen molar-refractivity contribution in [3.05, 3.63) is 57.5 Å². The van der Waals surface area contributed by atoms with Gasteiger partial charge in [0.15, 0.2) is 0 Å². The van der Waals surface area contributed by atoms with E-state index in [0.717, 1.165) is 21.4 Å². The third-order valence-corrected chi connectivity index (χ3v) is 3.76. The molecule has 0 saturated heterocycles. The molecule has 0 atom stereocenters. The van der Waals surface area contributed by atoms with E-state index in [-0.39, 0.29) is 5.91 Å². The summed E-state index contributed by atoms with van der Waals surface area (Å²) in [5.74, 6) is -0.0371. The van der Waals surface area contributed by atoms with Crippen molar-refractivity contribution in [2.75, 3.05) is 17.2 Å². The third kappa shape index (κ3) is 5.06. The van der Waals surface area contributed by atoms with Crippen LogP contribution in [0.1, 0.15) is 12.0 Å². The molecule has 0 radical (unpaired) electrons. The number of halogens is 2. The van der Waals surface area contributed by atoms with Gasteiger partial charge in [0.05, 0.1) is 0 Å². The maximum atomic E-state index is 11.9. The highest BCUT2D eigenvalue weighted by Crippen LogP contribution is 2.20. The molecule has 0 bridgehead atoms. The molecule has 0 saturated carbocycles. The van der Waals surface area contributed by atoms with E-state index >= 15 is 0 Å². The number of amides is 1. The van der Waals surface area contributed by atoms with Gasteiger partial charge in [-0.3, -0.25) is 4.79 Å². The summed E-state index contributed by atoms with van der Waals surface area (Å²) in [7, 11) is 0. The average Bonchev–Trinajstić information content (AvgIpc) is 2.45. The lowest BCUT2D eigenvalue weighted by Crippen LogP contribution is -2.16. The van der Waals surface area contributed by atoms with Gasteiger partial charge in [-0.25, -0.2) is 0 Å². The Hall–Kier alpha value is -1.52. The lowest BCUT2D eigenvalue weighted by Gasteiger charge is -2.10. The predicted molar refractivity (Wildman–Crippen MR) is 92.1 cm³/mol. The van der Waals surface area contributed by atoms with E-state index in [1.807, 2.05) is 43.3 Å². The van der Waals surface area contributed by atoms with Gasteiger partial charge in [-0.15, -0.1) is 0 Å². The Morgan fingerprint density at radius 1 is 1.19 bits per heavy atom. The van der Waals surface area contributed by atoms with Gasteiger partial charge in [0.2, 0.25) is 5.91 Å². The first-order valence-corrected chi connectivity index (χ1v) is 7.77. The van der Waals surface area contributed by atoms with Crippen molar-refractivity contribution in [1.82, 2.24) is 0 Å². The first-order chi connectivity index (χ1) is 10.0. The second-order valence-electron chi connectivity index (χ2n) is 4.69. The number of benzene rings is 2. The van der Waals surface area contributed by atoms with Crippen LogP contribution in [0.15, 0.2) is 46.9 Å². The first-order valence-electron chi connectivity index (χ1n) is 6.60. The molecule has 0 aliphatic carbocycles. The molecule has 3 nitrogen and oxygen atoms in total. The Balaban J connectivity index is 1.82. The van der Waals surface area contributed by atoms with Crippen LogP contribution in [0, 0.1) is 6.92 Å².